The van der Waals surface area contributed by atoms with Gasteiger partial charge in [-0.3, -0.25) is 0 Å². The zero-order valence-electron chi connectivity index (χ0n) is 12.7. The Morgan fingerprint density at radius 1 is 1.24 bits per heavy atom. The Labute approximate surface area is 125 Å². The molecule has 0 aromatic rings. The van der Waals surface area contributed by atoms with Gasteiger partial charge >= 0.3 is 12.0 Å². The third kappa shape index (κ3) is 6.31. The second-order valence-electron chi connectivity index (χ2n) is 5.20. The molecule has 1 fully saturated rings. The van der Waals surface area contributed by atoms with Crippen molar-refractivity contribution in [2.24, 2.45) is 0 Å². The third-order valence-electron chi connectivity index (χ3n) is 3.50. The van der Waals surface area contributed by atoms with E-state index >= 15 is 0 Å². The molecular formula is C14H26N2O5. The number of aliphatic carboxylic acids is 1. The molecule has 0 atom stereocenters. The van der Waals surface area contributed by atoms with Crippen LogP contribution in [0.2, 0.25) is 0 Å². The van der Waals surface area contributed by atoms with Gasteiger partial charge in [-0.15, -0.1) is 0 Å². The van der Waals surface area contributed by atoms with Crippen LogP contribution < -0.4 is 10.6 Å². The fraction of sp³-hybridized carbons (Fsp3) is 0.857. The molecular weight excluding hydrogens is 276 g/mol. The number of carbonyl (C=O) groups excluding carboxylic acids is 1. The molecule has 0 aromatic carbocycles. The lowest BCUT2D eigenvalue weighted by Gasteiger charge is -2.33. The van der Waals surface area contributed by atoms with Crippen molar-refractivity contribution in [3.05, 3.63) is 0 Å². The fourth-order valence-electron chi connectivity index (χ4n) is 2.10. The molecule has 1 aliphatic heterocycles. The number of amides is 2. The molecule has 21 heavy (non-hydrogen) atoms. The van der Waals surface area contributed by atoms with E-state index in [-0.39, 0.29) is 12.8 Å². The van der Waals surface area contributed by atoms with Crippen molar-refractivity contribution in [1.29, 1.82) is 0 Å². The molecule has 3 N–H and O–H groups in total. The van der Waals surface area contributed by atoms with Gasteiger partial charge in [0.05, 0.1) is 0 Å². The molecule has 0 unspecified atom stereocenters. The van der Waals surface area contributed by atoms with Crippen LogP contribution in [-0.2, 0) is 14.3 Å². The second-order valence-corrected chi connectivity index (χ2v) is 5.20. The van der Waals surface area contributed by atoms with Crippen LogP contribution in [0.25, 0.3) is 0 Å². The van der Waals surface area contributed by atoms with E-state index in [1.165, 1.54) is 0 Å². The van der Waals surface area contributed by atoms with Gasteiger partial charge in [-0.2, -0.15) is 0 Å². The molecule has 2 amide bonds. The normalized spacial score (nSPS) is 17.2. The van der Waals surface area contributed by atoms with Crippen molar-refractivity contribution in [1.82, 2.24) is 10.6 Å². The number of unbranched alkanes of at least 4 members (excludes halogenated alkanes) is 1. The first-order valence-corrected chi connectivity index (χ1v) is 7.55. The molecule has 0 radical (unpaired) electrons. The van der Waals surface area contributed by atoms with E-state index in [0.29, 0.717) is 32.8 Å². The lowest BCUT2D eigenvalue weighted by Crippen LogP contribution is -2.59. The first-order valence-electron chi connectivity index (χ1n) is 7.55. The highest BCUT2D eigenvalue weighted by Gasteiger charge is 2.41. The summed E-state index contributed by atoms with van der Waals surface area (Å²) < 4.78 is 10.5. The maximum atomic E-state index is 11.8. The summed E-state index contributed by atoms with van der Waals surface area (Å²) in [5.41, 5.74) is -1.21. The monoisotopic (exact) mass is 302 g/mol. The lowest BCUT2D eigenvalue weighted by molar-refractivity contribution is -0.148. The maximum Gasteiger partial charge on any atom is 0.329 e. The SMILES string of the molecule is CCCCOCCCNC(=O)NC1(C(=O)O)CCOCC1. The average Bonchev–Trinajstić information content (AvgIpc) is 2.47. The summed E-state index contributed by atoms with van der Waals surface area (Å²) in [7, 11) is 0. The zero-order chi connectivity index (χ0) is 15.6. The summed E-state index contributed by atoms with van der Waals surface area (Å²) in [6, 6.07) is -0.451. The molecule has 7 nitrogen and oxygen atoms in total. The minimum absolute atomic E-state index is 0.288. The summed E-state index contributed by atoms with van der Waals surface area (Å²) in [6.45, 7) is 4.59. The molecule has 1 saturated heterocycles. The van der Waals surface area contributed by atoms with Gasteiger partial charge in [0.2, 0.25) is 0 Å². The molecule has 0 spiro atoms. The van der Waals surface area contributed by atoms with Crippen molar-refractivity contribution in [2.75, 3.05) is 33.0 Å². The summed E-state index contributed by atoms with van der Waals surface area (Å²) >= 11 is 0. The molecule has 0 aliphatic carbocycles. The first-order chi connectivity index (χ1) is 10.1. The number of rotatable bonds is 9. The van der Waals surface area contributed by atoms with Crippen molar-refractivity contribution >= 4 is 12.0 Å². The van der Waals surface area contributed by atoms with Gasteiger partial charge in [0, 0.05) is 45.8 Å². The quantitative estimate of drug-likeness (QED) is 0.555. The van der Waals surface area contributed by atoms with Gasteiger partial charge in [-0.25, -0.2) is 9.59 Å². The minimum atomic E-state index is -1.21. The van der Waals surface area contributed by atoms with Gasteiger partial charge in [0.15, 0.2) is 0 Å². The number of hydrogen-bond donors (Lipinski definition) is 3. The van der Waals surface area contributed by atoms with E-state index in [9.17, 15) is 14.7 Å². The fourth-order valence-corrected chi connectivity index (χ4v) is 2.10. The molecule has 7 heteroatoms. The molecule has 0 bridgehead atoms. The number of carboxylic acids is 1. The van der Waals surface area contributed by atoms with Crippen molar-refractivity contribution < 1.29 is 24.2 Å². The zero-order valence-corrected chi connectivity index (χ0v) is 12.7. The largest absolute Gasteiger partial charge is 0.480 e. The van der Waals surface area contributed by atoms with Crippen LogP contribution in [0.4, 0.5) is 4.79 Å². The molecule has 122 valence electrons. The molecule has 1 aliphatic rings. The summed E-state index contributed by atoms with van der Waals surface area (Å²) in [5, 5.41) is 14.6. The number of hydrogen-bond acceptors (Lipinski definition) is 4. The van der Waals surface area contributed by atoms with Gasteiger partial charge in [0.1, 0.15) is 5.54 Å². The number of ether oxygens (including phenoxy) is 2. The smallest absolute Gasteiger partial charge is 0.329 e. The summed E-state index contributed by atoms with van der Waals surface area (Å²) in [5.74, 6) is -1.01. The maximum absolute atomic E-state index is 11.8. The van der Waals surface area contributed by atoms with Crippen LogP contribution >= 0.6 is 0 Å². The van der Waals surface area contributed by atoms with Crippen LogP contribution in [0.15, 0.2) is 0 Å². The number of carboxylic acid groups (broad SMARTS) is 1. The second kappa shape index (κ2) is 9.57. The minimum Gasteiger partial charge on any atom is -0.480 e. The van der Waals surface area contributed by atoms with Crippen LogP contribution in [0, 0.1) is 0 Å². The predicted molar refractivity (Wildman–Crippen MR) is 77.3 cm³/mol. The van der Waals surface area contributed by atoms with Crippen molar-refractivity contribution in [2.45, 2.75) is 44.6 Å². The molecule has 1 rings (SSSR count). The van der Waals surface area contributed by atoms with Crippen molar-refractivity contribution in [3.63, 3.8) is 0 Å². The Bertz CT molecular complexity index is 329. The number of carbonyl (C=O) groups is 2. The van der Waals surface area contributed by atoms with Gasteiger partial charge in [-0.1, -0.05) is 13.3 Å². The van der Waals surface area contributed by atoms with Crippen LogP contribution in [0.1, 0.15) is 39.0 Å². The van der Waals surface area contributed by atoms with E-state index in [2.05, 4.69) is 17.6 Å². The Morgan fingerprint density at radius 2 is 1.90 bits per heavy atom. The topological polar surface area (TPSA) is 96.9 Å². The molecule has 0 aromatic heterocycles. The molecule has 0 saturated carbocycles. The third-order valence-corrected chi connectivity index (χ3v) is 3.50. The molecule has 1 heterocycles. The first kappa shape index (κ1) is 17.7. The standard InChI is InChI=1S/C14H26N2O5/c1-2-3-8-20-9-4-7-15-13(19)16-14(12(17)18)5-10-21-11-6-14/h2-11H2,1H3,(H,17,18)(H2,15,16,19). The highest BCUT2D eigenvalue weighted by molar-refractivity contribution is 5.86. The number of urea groups is 1. The van der Waals surface area contributed by atoms with E-state index in [1.54, 1.807) is 0 Å². The highest BCUT2D eigenvalue weighted by atomic mass is 16.5. The highest BCUT2D eigenvalue weighted by Crippen LogP contribution is 2.20. The van der Waals surface area contributed by atoms with E-state index in [1.807, 2.05) is 0 Å². The predicted octanol–water partition coefficient (Wildman–Crippen LogP) is 1.13. The van der Waals surface area contributed by atoms with E-state index < -0.39 is 17.5 Å². The Balaban J connectivity index is 2.21. The van der Waals surface area contributed by atoms with Crippen LogP contribution in [-0.4, -0.2) is 55.6 Å². The Hall–Kier alpha value is -1.34. The lowest BCUT2D eigenvalue weighted by atomic mass is 9.90. The Morgan fingerprint density at radius 3 is 2.52 bits per heavy atom. The Kier molecular flexibility index (Phi) is 8.07. The summed E-state index contributed by atoms with van der Waals surface area (Å²) in [6.07, 6.45) is 3.42. The van der Waals surface area contributed by atoms with Gasteiger partial charge < -0.3 is 25.2 Å². The van der Waals surface area contributed by atoms with Crippen LogP contribution in [0.3, 0.4) is 0 Å². The summed E-state index contributed by atoms with van der Waals surface area (Å²) in [4.78, 5) is 23.2. The van der Waals surface area contributed by atoms with Crippen LogP contribution in [0.5, 0.6) is 0 Å². The average molecular weight is 302 g/mol. The van der Waals surface area contributed by atoms with E-state index in [4.69, 9.17) is 9.47 Å². The van der Waals surface area contributed by atoms with Gasteiger partial charge in [-0.05, 0) is 12.8 Å². The van der Waals surface area contributed by atoms with Crippen molar-refractivity contribution in [3.8, 4) is 0 Å². The van der Waals surface area contributed by atoms with Gasteiger partial charge in [0.25, 0.3) is 0 Å². The number of nitrogens with one attached hydrogen (secondary N) is 2. The van der Waals surface area contributed by atoms with E-state index in [0.717, 1.165) is 19.4 Å².